The molecule has 0 saturated heterocycles. The Labute approximate surface area is 86.8 Å². The van der Waals surface area contributed by atoms with Gasteiger partial charge in [-0.3, -0.25) is 4.79 Å². The summed E-state index contributed by atoms with van der Waals surface area (Å²) >= 11 is 0. The average Bonchev–Trinajstić information content (AvgIpc) is 2.21. The van der Waals surface area contributed by atoms with Crippen LogP contribution < -0.4 is 0 Å². The molecule has 0 aromatic carbocycles. The number of hydrogen-bond donors (Lipinski definition) is 0. The lowest BCUT2D eigenvalue weighted by Crippen LogP contribution is -1.99. The van der Waals surface area contributed by atoms with Crippen molar-refractivity contribution in [3.63, 3.8) is 0 Å². The molecule has 0 aromatic rings. The summed E-state index contributed by atoms with van der Waals surface area (Å²) in [5.41, 5.74) is 0. The molecule has 0 fully saturated rings. The lowest BCUT2D eigenvalue weighted by Gasteiger charge is -2.03. The van der Waals surface area contributed by atoms with E-state index in [4.69, 9.17) is 4.74 Å². The summed E-state index contributed by atoms with van der Waals surface area (Å²) in [7, 11) is 0. The Hall–Kier alpha value is -0.570. The van der Waals surface area contributed by atoms with Crippen molar-refractivity contribution in [1.29, 1.82) is 0 Å². The van der Waals surface area contributed by atoms with Crippen LogP contribution in [-0.4, -0.2) is 26.3 Å². The molecule has 3 heteroatoms. The zero-order chi connectivity index (χ0) is 10.5. The highest BCUT2D eigenvalue weighted by molar-refractivity contribution is 5.36. The smallest absolute Gasteiger partial charge is 0.293 e. The molecule has 0 aliphatic rings. The zero-order valence-electron chi connectivity index (χ0n) is 9.17. The summed E-state index contributed by atoms with van der Waals surface area (Å²) < 4.78 is 9.97. The number of hydrogen-bond acceptors (Lipinski definition) is 3. The lowest BCUT2D eigenvalue weighted by atomic mass is 10.2. The molecule has 0 aliphatic heterocycles. The molecule has 0 heterocycles. The monoisotopic (exact) mass is 202 g/mol. The van der Waals surface area contributed by atoms with Crippen LogP contribution >= 0.6 is 0 Å². The molecule has 3 nitrogen and oxygen atoms in total. The summed E-state index contributed by atoms with van der Waals surface area (Å²) in [4.78, 5) is 9.79. The van der Waals surface area contributed by atoms with Crippen molar-refractivity contribution in [3.8, 4) is 0 Å². The van der Waals surface area contributed by atoms with Gasteiger partial charge in [-0.2, -0.15) is 0 Å². The molecule has 0 N–H and O–H groups in total. The fourth-order valence-corrected chi connectivity index (χ4v) is 1.17. The molecule has 0 spiro atoms. The van der Waals surface area contributed by atoms with Crippen molar-refractivity contribution in [3.05, 3.63) is 0 Å². The van der Waals surface area contributed by atoms with Gasteiger partial charge in [-0.1, -0.05) is 26.2 Å². The van der Waals surface area contributed by atoms with E-state index < -0.39 is 0 Å². The van der Waals surface area contributed by atoms with Crippen molar-refractivity contribution in [2.75, 3.05) is 19.8 Å². The second kappa shape index (κ2) is 12.4. The first-order chi connectivity index (χ1) is 6.91. The fourth-order valence-electron chi connectivity index (χ4n) is 1.17. The van der Waals surface area contributed by atoms with E-state index in [1.807, 2.05) is 0 Å². The molecular formula is C11H22O3. The number of carbonyl (C=O) groups excluding carboxylic acids is 1. The summed E-state index contributed by atoms with van der Waals surface area (Å²) in [6, 6.07) is 0. The van der Waals surface area contributed by atoms with Crippen molar-refractivity contribution in [1.82, 2.24) is 0 Å². The molecule has 0 aromatic heterocycles. The van der Waals surface area contributed by atoms with Crippen LogP contribution in [0.2, 0.25) is 0 Å². The Bertz CT molecular complexity index is 115. The van der Waals surface area contributed by atoms with E-state index in [1.54, 1.807) is 0 Å². The molecule has 0 bridgehead atoms. The standard InChI is InChI=1S/C11H22O3/c1-2-3-4-5-8-13-9-6-7-10-14-11-12/h11H,2-10H2,1H3. The van der Waals surface area contributed by atoms with Crippen LogP contribution in [0.15, 0.2) is 0 Å². The minimum atomic E-state index is 0.492. The molecule has 84 valence electrons. The molecule has 0 saturated carbocycles. The van der Waals surface area contributed by atoms with E-state index in [1.165, 1.54) is 25.7 Å². The van der Waals surface area contributed by atoms with E-state index in [-0.39, 0.29) is 0 Å². The van der Waals surface area contributed by atoms with Crippen molar-refractivity contribution >= 4 is 6.47 Å². The van der Waals surface area contributed by atoms with E-state index in [2.05, 4.69) is 11.7 Å². The van der Waals surface area contributed by atoms with E-state index in [9.17, 15) is 4.79 Å². The van der Waals surface area contributed by atoms with Crippen LogP contribution in [0.5, 0.6) is 0 Å². The first kappa shape index (κ1) is 13.4. The van der Waals surface area contributed by atoms with Crippen LogP contribution in [0.1, 0.15) is 45.4 Å². The van der Waals surface area contributed by atoms with Gasteiger partial charge in [0.1, 0.15) is 0 Å². The van der Waals surface area contributed by atoms with Gasteiger partial charge in [-0.25, -0.2) is 0 Å². The van der Waals surface area contributed by atoms with Gasteiger partial charge in [-0.05, 0) is 19.3 Å². The number of rotatable bonds is 11. The highest BCUT2D eigenvalue weighted by Crippen LogP contribution is 1.99. The van der Waals surface area contributed by atoms with Crippen molar-refractivity contribution in [2.24, 2.45) is 0 Å². The van der Waals surface area contributed by atoms with Crippen LogP contribution in [0.3, 0.4) is 0 Å². The summed E-state index contributed by atoms with van der Waals surface area (Å²) in [5, 5.41) is 0. The van der Waals surface area contributed by atoms with Gasteiger partial charge in [0.25, 0.3) is 6.47 Å². The third kappa shape index (κ3) is 11.4. The fraction of sp³-hybridized carbons (Fsp3) is 0.909. The van der Waals surface area contributed by atoms with Crippen molar-refractivity contribution < 1.29 is 14.3 Å². The van der Waals surface area contributed by atoms with Crippen molar-refractivity contribution in [2.45, 2.75) is 45.4 Å². The van der Waals surface area contributed by atoms with Gasteiger partial charge >= 0.3 is 0 Å². The minimum absolute atomic E-state index is 0.492. The topological polar surface area (TPSA) is 35.5 Å². The largest absolute Gasteiger partial charge is 0.468 e. The predicted octanol–water partition coefficient (Wildman–Crippen LogP) is 2.54. The van der Waals surface area contributed by atoms with E-state index >= 15 is 0 Å². The van der Waals surface area contributed by atoms with Crippen LogP contribution in [0.4, 0.5) is 0 Å². The molecule has 0 radical (unpaired) electrons. The third-order valence-electron chi connectivity index (χ3n) is 2.01. The number of ether oxygens (including phenoxy) is 2. The van der Waals surface area contributed by atoms with E-state index in [0.717, 1.165) is 26.1 Å². The Balaban J connectivity index is 2.81. The van der Waals surface area contributed by atoms with Crippen LogP contribution in [-0.2, 0) is 14.3 Å². The third-order valence-corrected chi connectivity index (χ3v) is 2.01. The first-order valence-electron chi connectivity index (χ1n) is 5.54. The molecule has 0 amide bonds. The maximum atomic E-state index is 9.79. The summed E-state index contributed by atoms with van der Waals surface area (Å²) in [6.45, 7) is 4.87. The maximum absolute atomic E-state index is 9.79. The van der Waals surface area contributed by atoms with Gasteiger partial charge in [0.15, 0.2) is 0 Å². The Kier molecular flexibility index (Phi) is 11.9. The Morgan fingerprint density at radius 2 is 1.57 bits per heavy atom. The second-order valence-corrected chi connectivity index (χ2v) is 3.35. The SMILES string of the molecule is CCCCCCOCCCCOC=O. The van der Waals surface area contributed by atoms with E-state index in [0.29, 0.717) is 13.1 Å². The normalized spacial score (nSPS) is 10.1. The Morgan fingerprint density at radius 3 is 2.21 bits per heavy atom. The zero-order valence-corrected chi connectivity index (χ0v) is 9.17. The number of carbonyl (C=O) groups is 1. The van der Waals surface area contributed by atoms with Gasteiger partial charge < -0.3 is 9.47 Å². The van der Waals surface area contributed by atoms with Crippen LogP contribution in [0, 0.1) is 0 Å². The van der Waals surface area contributed by atoms with Gasteiger partial charge in [-0.15, -0.1) is 0 Å². The maximum Gasteiger partial charge on any atom is 0.293 e. The first-order valence-corrected chi connectivity index (χ1v) is 5.54. The predicted molar refractivity (Wildman–Crippen MR) is 56.2 cm³/mol. The van der Waals surface area contributed by atoms with Crippen LogP contribution in [0.25, 0.3) is 0 Å². The second-order valence-electron chi connectivity index (χ2n) is 3.35. The molecule has 0 rings (SSSR count). The summed E-state index contributed by atoms with van der Waals surface area (Å²) in [5.74, 6) is 0. The Morgan fingerprint density at radius 1 is 0.929 bits per heavy atom. The van der Waals surface area contributed by atoms with Gasteiger partial charge in [0.2, 0.25) is 0 Å². The molecule has 14 heavy (non-hydrogen) atoms. The minimum Gasteiger partial charge on any atom is -0.468 e. The molecular weight excluding hydrogens is 180 g/mol. The summed E-state index contributed by atoms with van der Waals surface area (Å²) in [6.07, 6.45) is 6.87. The highest BCUT2D eigenvalue weighted by atomic mass is 16.5. The van der Waals surface area contributed by atoms with Gasteiger partial charge in [0.05, 0.1) is 6.61 Å². The molecule has 0 aliphatic carbocycles. The molecule has 0 atom stereocenters. The number of unbranched alkanes of at least 4 members (excludes halogenated alkanes) is 4. The molecule has 0 unspecified atom stereocenters. The average molecular weight is 202 g/mol. The van der Waals surface area contributed by atoms with Gasteiger partial charge in [0, 0.05) is 13.2 Å². The lowest BCUT2D eigenvalue weighted by molar-refractivity contribution is -0.128. The quantitative estimate of drug-likeness (QED) is 0.381. The highest BCUT2D eigenvalue weighted by Gasteiger charge is 1.91.